The van der Waals surface area contributed by atoms with E-state index in [2.05, 4.69) is 98.8 Å². The van der Waals surface area contributed by atoms with E-state index in [0.29, 0.717) is 64.6 Å². The zero-order chi connectivity index (χ0) is 65.3. The summed E-state index contributed by atoms with van der Waals surface area (Å²) in [5.74, 6) is 0.673. The number of para-hydroxylation sites is 5. The van der Waals surface area contributed by atoms with Crippen molar-refractivity contribution in [3.05, 3.63) is 162 Å². The van der Waals surface area contributed by atoms with E-state index in [1.54, 1.807) is 22.5 Å². The summed E-state index contributed by atoms with van der Waals surface area (Å²) in [7, 11) is -9.26. The van der Waals surface area contributed by atoms with Gasteiger partial charge < -0.3 is 41.5 Å². The molecule has 0 radical (unpaired) electrons. The molecule has 8 aliphatic heterocycles. The van der Waals surface area contributed by atoms with Crippen LogP contribution in [0, 0.1) is 0 Å². The molecule has 10 heterocycles. The van der Waals surface area contributed by atoms with Gasteiger partial charge in [-0.25, -0.2) is 38.2 Å². The third-order valence-electron chi connectivity index (χ3n) is 21.1. The molecule has 1 unspecified atom stereocenters. The van der Waals surface area contributed by atoms with Crippen molar-refractivity contribution in [1.82, 2.24) is 32.7 Å². The molecule has 8 aliphatic rings. The number of aromatic amines is 2. The fourth-order valence-corrected chi connectivity index (χ4v) is 18.0. The molecule has 20 nitrogen and oxygen atoms in total. The normalized spacial score (nSPS) is 21.2. The lowest BCUT2D eigenvalue weighted by molar-refractivity contribution is -0.131. The number of hydrogen-bond acceptors (Lipinski definition) is 12. The highest BCUT2D eigenvalue weighted by Gasteiger charge is 2.50. The summed E-state index contributed by atoms with van der Waals surface area (Å²) >= 11 is 0. The second kappa shape index (κ2) is 26.7. The lowest BCUT2D eigenvalue weighted by atomic mass is 9.72. The third kappa shape index (κ3) is 13.6. The second-order valence-electron chi connectivity index (χ2n) is 26.4. The van der Waals surface area contributed by atoms with Crippen molar-refractivity contribution in [2.45, 2.75) is 99.2 Å². The molecule has 492 valence electrons. The molecule has 7 N–H and O–H groups in total. The molecule has 3 spiro atoms. The Bertz CT molecular complexity index is 4180. The summed E-state index contributed by atoms with van der Waals surface area (Å²) in [5.41, 5.74) is 18.0. The average Bonchev–Trinajstić information content (AvgIpc) is 1.63. The molecule has 23 heteroatoms. The molecule has 92 heavy (non-hydrogen) atoms. The molecule has 1 atom stereocenters. The van der Waals surface area contributed by atoms with Gasteiger partial charge in [0.1, 0.15) is 0 Å². The number of H-pyrrole nitrogens is 2. The number of carbonyl (C=O) groups is 3. The molecule has 3 amide bonds. The van der Waals surface area contributed by atoms with E-state index in [0.717, 1.165) is 106 Å². The van der Waals surface area contributed by atoms with Crippen LogP contribution in [0.25, 0.3) is 21.8 Å². The number of nitrogens with two attached hydrogens (primary N) is 1. The lowest BCUT2D eigenvalue weighted by Gasteiger charge is -2.41. The number of piperidine rings is 4. The topological polar surface area (TPSA) is 264 Å². The van der Waals surface area contributed by atoms with Gasteiger partial charge in [0.05, 0.1) is 24.2 Å². The predicted octanol–water partition coefficient (Wildman–Crippen LogP) is 8.25. The van der Waals surface area contributed by atoms with E-state index in [1.165, 1.54) is 67.5 Å². The smallest absolute Gasteiger partial charge is 0.235 e. The Morgan fingerprint density at radius 3 is 1.41 bits per heavy atom. The summed E-state index contributed by atoms with van der Waals surface area (Å²) in [6.45, 7) is 12.6. The summed E-state index contributed by atoms with van der Waals surface area (Å²) in [6, 6.07) is 41.1. The molecule has 0 bridgehead atoms. The van der Waals surface area contributed by atoms with Crippen LogP contribution in [-0.4, -0.2) is 180 Å². The van der Waals surface area contributed by atoms with Gasteiger partial charge >= 0.3 is 0 Å². The monoisotopic (exact) mass is 1310 g/mol. The van der Waals surface area contributed by atoms with E-state index < -0.39 is 35.5 Å². The van der Waals surface area contributed by atoms with Gasteiger partial charge in [0, 0.05) is 172 Å². The van der Waals surface area contributed by atoms with Gasteiger partial charge in [0.25, 0.3) is 0 Å². The van der Waals surface area contributed by atoms with Crippen LogP contribution in [-0.2, 0) is 66.1 Å². The van der Waals surface area contributed by atoms with Crippen LogP contribution < -0.4 is 21.7 Å². The van der Waals surface area contributed by atoms with E-state index >= 15 is 0 Å². The van der Waals surface area contributed by atoms with Crippen molar-refractivity contribution in [2.24, 2.45) is 5.73 Å². The Morgan fingerprint density at radius 2 is 0.913 bits per heavy atom. The van der Waals surface area contributed by atoms with Crippen molar-refractivity contribution < 1.29 is 39.6 Å². The van der Waals surface area contributed by atoms with Crippen LogP contribution in [0.5, 0.6) is 0 Å². The molecule has 2 aromatic heterocycles. The van der Waals surface area contributed by atoms with Crippen LogP contribution in [0.3, 0.4) is 0 Å². The van der Waals surface area contributed by atoms with E-state index in [1.807, 2.05) is 70.6 Å². The molecule has 0 aliphatic carbocycles. The Balaban J connectivity index is 0.000000118. The number of rotatable bonds is 6. The minimum atomic E-state index is -3.17. The number of benzene rings is 5. The highest BCUT2D eigenvalue weighted by molar-refractivity contribution is 7.88. The number of hydrogen-bond donors (Lipinski definition) is 6. The highest BCUT2D eigenvalue weighted by Crippen LogP contribution is 2.47. The van der Waals surface area contributed by atoms with Gasteiger partial charge in [-0.1, -0.05) is 91.0 Å². The van der Waals surface area contributed by atoms with E-state index in [9.17, 15) is 39.6 Å². The first-order chi connectivity index (χ1) is 43.9. The van der Waals surface area contributed by atoms with Crippen molar-refractivity contribution >= 4 is 86.7 Å². The first-order valence-corrected chi connectivity index (χ1v) is 37.7. The number of nitrogens with zero attached hydrogens (tertiary/aromatic N) is 5. The number of anilines is 3. The summed E-state index contributed by atoms with van der Waals surface area (Å²) in [5, 5.41) is 12.3. The number of amides is 3. The highest BCUT2D eigenvalue weighted by atomic mass is 32.2. The average molecular weight is 1310 g/mol. The van der Waals surface area contributed by atoms with Gasteiger partial charge in [-0.2, -0.15) is 0 Å². The maximum Gasteiger partial charge on any atom is 0.235 e. The molecule has 0 saturated carbocycles. The van der Waals surface area contributed by atoms with Gasteiger partial charge in [-0.3, -0.25) is 14.4 Å². The summed E-state index contributed by atoms with van der Waals surface area (Å²) < 4.78 is 73.9. The number of sulfonamides is 3. The quantitative estimate of drug-likeness (QED) is 0.0919. The zero-order valence-electron chi connectivity index (χ0n) is 53.5. The van der Waals surface area contributed by atoms with Gasteiger partial charge in [-0.05, 0) is 116 Å². The van der Waals surface area contributed by atoms with Crippen molar-refractivity contribution in [1.29, 1.82) is 0 Å². The first kappa shape index (κ1) is 66.3. The predicted molar refractivity (Wildman–Crippen MR) is 365 cm³/mol. The summed E-state index contributed by atoms with van der Waals surface area (Å²) in [6.07, 6.45) is 15.7. The molecule has 5 fully saturated rings. The van der Waals surface area contributed by atoms with Crippen LogP contribution in [0.15, 0.2) is 134 Å². The standard InChI is InChI=1S/C16H21N3O.C14H18N2O.C13H16N2O3S.C13H18N2O2S.C13H16N2O2S/c1-12(20)19-8-6-16(11-17,7-9-19)14-10-18-15-5-3-2-4-13(14)15;1-11(17)16-8-6-14(7-9-16)10-15-13-5-3-2-4-12(13)14;1-19(17,18)15-8-6-13(7-9-15)10-4-2-3-5-11(10)14-12(13)16;1-18(16,17)15-8-6-13(7-9-15)10-14-12-5-3-2-4-11(12)13;1-18(16,17)15-7-6-10(9-15)12-8-14-13-5-3-2-4-11(12)13/h2-5,10,18H,6-9,11,17H2,1H3;2-5,15H,6-10H2,1H3;2-5H,6-9H2,1H3,(H,14,16);2-5,14H,6-10H2,1H3;2-5,8,10,14H,6-7,9H2,1H3. The number of fused-ring (bicyclic) bond motifs is 8. The Labute approximate surface area is 542 Å². The Kier molecular flexibility index (Phi) is 19.3. The number of carbonyl (C=O) groups excluding carboxylic acids is 3. The maximum absolute atomic E-state index is 12.3. The van der Waals surface area contributed by atoms with Crippen molar-refractivity contribution in [3.8, 4) is 0 Å². The van der Waals surface area contributed by atoms with Crippen LogP contribution in [0.2, 0.25) is 0 Å². The Morgan fingerprint density at radius 1 is 0.489 bits per heavy atom. The van der Waals surface area contributed by atoms with Gasteiger partial charge in [-0.15, -0.1) is 0 Å². The maximum atomic E-state index is 12.3. The Hall–Kier alpha value is -7.12. The SMILES string of the molecule is CC(=O)N1CCC(CN)(c2c[nH]c3ccccc23)CC1.CC(=O)N1CCC2(CC1)CNc1ccccc12.CS(=O)(=O)N1CCC(c2c[nH]c3ccccc23)C1.CS(=O)(=O)N1CCC2(CC1)C(=O)Nc1ccccc12.CS(=O)(=O)N1CCC2(CC1)CNc1ccccc12. The first-order valence-electron chi connectivity index (χ1n) is 32.1. The molecular weight excluding hydrogens is 1220 g/mol. The molecule has 7 aromatic rings. The van der Waals surface area contributed by atoms with Crippen molar-refractivity contribution in [2.75, 3.05) is 120 Å². The lowest BCUT2D eigenvalue weighted by Crippen LogP contribution is -2.47. The van der Waals surface area contributed by atoms with Crippen molar-refractivity contribution in [3.63, 3.8) is 0 Å². The van der Waals surface area contributed by atoms with Gasteiger partial charge in [0.15, 0.2) is 0 Å². The zero-order valence-corrected chi connectivity index (χ0v) is 56.0. The van der Waals surface area contributed by atoms with Gasteiger partial charge in [0.2, 0.25) is 47.8 Å². The number of nitrogens with one attached hydrogen (secondary N) is 5. The minimum absolute atomic E-state index is 0.00171. The number of likely N-dealkylation sites (tertiary alicyclic amines) is 2. The third-order valence-corrected chi connectivity index (χ3v) is 25.0. The fraction of sp³-hybridized carbons (Fsp3) is 0.464. The molecule has 5 aromatic carbocycles. The largest absolute Gasteiger partial charge is 0.384 e. The van der Waals surface area contributed by atoms with Crippen LogP contribution in [0.4, 0.5) is 17.1 Å². The minimum Gasteiger partial charge on any atom is -0.384 e. The van der Waals surface area contributed by atoms with Crippen LogP contribution in [0.1, 0.15) is 105 Å². The summed E-state index contributed by atoms with van der Waals surface area (Å²) in [4.78, 5) is 45.6. The molecule has 15 rings (SSSR count). The van der Waals surface area contributed by atoms with Crippen LogP contribution >= 0.6 is 0 Å². The van der Waals surface area contributed by atoms with E-state index in [4.69, 9.17) is 5.73 Å². The van der Waals surface area contributed by atoms with E-state index in [-0.39, 0.29) is 34.0 Å². The molecular formula is C69H89N11O9S3. The second-order valence-corrected chi connectivity index (χ2v) is 32.4. The fourth-order valence-electron chi connectivity index (χ4n) is 15.4. The number of aromatic nitrogens is 2. The molecule has 5 saturated heterocycles.